The van der Waals surface area contributed by atoms with Gasteiger partial charge in [0.05, 0.1) is 11.3 Å². The summed E-state index contributed by atoms with van der Waals surface area (Å²) in [5.74, 6) is 0.158. The Morgan fingerprint density at radius 1 is 0.808 bits per heavy atom. The molecular formula is C21H18FNO3. The first-order valence-corrected chi connectivity index (χ1v) is 8.19. The summed E-state index contributed by atoms with van der Waals surface area (Å²) in [4.78, 5) is 12.3. The molecule has 1 N–H and O–H groups in total. The first-order valence-electron chi connectivity index (χ1n) is 8.19. The molecule has 1 amide bonds. The highest BCUT2D eigenvalue weighted by atomic mass is 19.1. The number of rotatable bonds is 7. The number of nitrogens with one attached hydrogen (secondary N) is 1. The topological polar surface area (TPSA) is 47.6 Å². The van der Waals surface area contributed by atoms with Gasteiger partial charge in [0.25, 0.3) is 5.91 Å². The summed E-state index contributed by atoms with van der Waals surface area (Å²) in [5.41, 5.74) is 0.454. The Bertz CT molecular complexity index is 868. The van der Waals surface area contributed by atoms with Gasteiger partial charge in [-0.05, 0) is 36.4 Å². The molecule has 26 heavy (non-hydrogen) atoms. The van der Waals surface area contributed by atoms with Crippen LogP contribution >= 0.6 is 0 Å². The monoisotopic (exact) mass is 351 g/mol. The number of carbonyl (C=O) groups excluding carboxylic acids is 1. The Hall–Kier alpha value is -3.34. The molecule has 0 unspecified atom stereocenters. The van der Waals surface area contributed by atoms with Crippen LogP contribution in [-0.4, -0.2) is 19.1 Å². The highest BCUT2D eigenvalue weighted by Crippen LogP contribution is 2.24. The number of ether oxygens (including phenoxy) is 2. The molecule has 0 aliphatic rings. The quantitative estimate of drug-likeness (QED) is 0.636. The molecular weight excluding hydrogens is 333 g/mol. The second-order valence-electron chi connectivity index (χ2n) is 5.44. The Morgan fingerprint density at radius 2 is 1.46 bits per heavy atom. The lowest BCUT2D eigenvalue weighted by molar-refractivity contribution is 0.102. The van der Waals surface area contributed by atoms with E-state index >= 15 is 0 Å². The normalized spacial score (nSPS) is 10.2. The Morgan fingerprint density at radius 3 is 2.27 bits per heavy atom. The first kappa shape index (κ1) is 17.5. The molecule has 0 bridgehead atoms. The van der Waals surface area contributed by atoms with Crippen LogP contribution in [0.15, 0.2) is 78.9 Å². The number of anilines is 1. The van der Waals surface area contributed by atoms with Crippen molar-refractivity contribution in [3.05, 3.63) is 90.2 Å². The van der Waals surface area contributed by atoms with Crippen molar-refractivity contribution < 1.29 is 18.7 Å². The molecule has 0 atom stereocenters. The summed E-state index contributed by atoms with van der Waals surface area (Å²) in [6, 6.07) is 22.3. The molecule has 0 radical (unpaired) electrons. The Balaban J connectivity index is 1.59. The highest BCUT2D eigenvalue weighted by Gasteiger charge is 2.13. The van der Waals surface area contributed by atoms with Gasteiger partial charge in [-0.25, -0.2) is 4.39 Å². The smallest absolute Gasteiger partial charge is 0.258 e. The fourth-order valence-corrected chi connectivity index (χ4v) is 2.36. The minimum atomic E-state index is -0.570. The van der Waals surface area contributed by atoms with Gasteiger partial charge in [-0.3, -0.25) is 4.79 Å². The summed E-state index contributed by atoms with van der Waals surface area (Å²) in [5, 5.41) is 2.68. The zero-order valence-electron chi connectivity index (χ0n) is 14.0. The van der Waals surface area contributed by atoms with Crippen LogP contribution in [0.25, 0.3) is 0 Å². The van der Waals surface area contributed by atoms with Crippen LogP contribution < -0.4 is 14.8 Å². The third-order valence-electron chi connectivity index (χ3n) is 3.61. The first-order chi connectivity index (χ1) is 12.7. The average Bonchev–Trinajstić information content (AvgIpc) is 2.67. The standard InChI is InChI=1S/C21H18FNO3/c22-18-11-5-4-10-17(18)21(24)23-19-12-6-7-13-20(19)26-15-14-25-16-8-2-1-3-9-16/h1-13H,14-15H2,(H,23,24). The van der Waals surface area contributed by atoms with E-state index in [1.54, 1.807) is 30.3 Å². The van der Waals surface area contributed by atoms with Gasteiger partial charge in [-0.2, -0.15) is 0 Å². The van der Waals surface area contributed by atoms with Crippen molar-refractivity contribution in [1.29, 1.82) is 0 Å². The largest absolute Gasteiger partial charge is 0.490 e. The predicted molar refractivity (Wildman–Crippen MR) is 98.2 cm³/mol. The van der Waals surface area contributed by atoms with Crippen LogP contribution in [0.3, 0.4) is 0 Å². The minimum Gasteiger partial charge on any atom is -0.490 e. The lowest BCUT2D eigenvalue weighted by atomic mass is 10.2. The van der Waals surface area contributed by atoms with Gasteiger partial charge in [-0.1, -0.05) is 42.5 Å². The van der Waals surface area contributed by atoms with Crippen molar-refractivity contribution in [2.45, 2.75) is 0 Å². The summed E-state index contributed by atoms with van der Waals surface area (Å²) < 4.78 is 25.0. The summed E-state index contributed by atoms with van der Waals surface area (Å²) in [7, 11) is 0. The molecule has 3 aromatic carbocycles. The van der Waals surface area contributed by atoms with Crippen LogP contribution in [0.4, 0.5) is 10.1 Å². The summed E-state index contributed by atoms with van der Waals surface area (Å²) >= 11 is 0. The molecule has 0 aliphatic carbocycles. The fraction of sp³-hybridized carbons (Fsp3) is 0.0952. The van der Waals surface area contributed by atoms with E-state index in [9.17, 15) is 9.18 Å². The van der Waals surface area contributed by atoms with Gasteiger partial charge in [-0.15, -0.1) is 0 Å². The van der Waals surface area contributed by atoms with Gasteiger partial charge in [0.15, 0.2) is 0 Å². The van der Waals surface area contributed by atoms with E-state index in [1.165, 1.54) is 18.2 Å². The van der Waals surface area contributed by atoms with Crippen molar-refractivity contribution in [3.8, 4) is 11.5 Å². The number of hydrogen-bond acceptors (Lipinski definition) is 3. The average molecular weight is 351 g/mol. The second-order valence-corrected chi connectivity index (χ2v) is 5.44. The zero-order chi connectivity index (χ0) is 18.2. The number of para-hydroxylation sites is 3. The van der Waals surface area contributed by atoms with Gasteiger partial charge >= 0.3 is 0 Å². The number of carbonyl (C=O) groups is 1. The van der Waals surface area contributed by atoms with Crippen LogP contribution in [0.5, 0.6) is 11.5 Å². The number of hydrogen-bond donors (Lipinski definition) is 1. The molecule has 3 aromatic rings. The molecule has 0 spiro atoms. The van der Waals surface area contributed by atoms with Crippen molar-refractivity contribution in [2.24, 2.45) is 0 Å². The molecule has 0 fully saturated rings. The van der Waals surface area contributed by atoms with Gasteiger partial charge < -0.3 is 14.8 Å². The number of amides is 1. The third-order valence-corrected chi connectivity index (χ3v) is 3.61. The molecule has 5 heteroatoms. The van der Waals surface area contributed by atoms with E-state index in [0.29, 0.717) is 24.7 Å². The van der Waals surface area contributed by atoms with Crippen LogP contribution in [0.2, 0.25) is 0 Å². The third kappa shape index (κ3) is 4.60. The molecule has 3 rings (SSSR count). The molecule has 0 saturated carbocycles. The molecule has 132 valence electrons. The Labute approximate surface area is 151 Å². The van der Waals surface area contributed by atoms with E-state index in [2.05, 4.69) is 5.32 Å². The lowest BCUT2D eigenvalue weighted by Gasteiger charge is -2.13. The molecule has 0 heterocycles. The Kier molecular flexibility index (Phi) is 5.83. The van der Waals surface area contributed by atoms with E-state index in [-0.39, 0.29) is 5.56 Å². The number of benzene rings is 3. The fourth-order valence-electron chi connectivity index (χ4n) is 2.36. The number of halogens is 1. The van der Waals surface area contributed by atoms with E-state index in [4.69, 9.17) is 9.47 Å². The summed E-state index contributed by atoms with van der Waals surface area (Å²) in [6.07, 6.45) is 0. The molecule has 0 saturated heterocycles. The van der Waals surface area contributed by atoms with Crippen LogP contribution in [0.1, 0.15) is 10.4 Å². The SMILES string of the molecule is O=C(Nc1ccccc1OCCOc1ccccc1)c1ccccc1F. The maximum absolute atomic E-state index is 13.7. The molecule has 0 aliphatic heterocycles. The molecule has 0 aromatic heterocycles. The molecule has 4 nitrogen and oxygen atoms in total. The highest BCUT2D eigenvalue weighted by molar-refractivity contribution is 6.05. The van der Waals surface area contributed by atoms with E-state index in [0.717, 1.165) is 5.75 Å². The van der Waals surface area contributed by atoms with Crippen molar-refractivity contribution in [1.82, 2.24) is 0 Å². The zero-order valence-corrected chi connectivity index (χ0v) is 14.0. The van der Waals surface area contributed by atoms with Gasteiger partial charge in [0.2, 0.25) is 0 Å². The van der Waals surface area contributed by atoms with E-state index in [1.807, 2.05) is 30.3 Å². The maximum atomic E-state index is 13.7. The van der Waals surface area contributed by atoms with Crippen molar-refractivity contribution >= 4 is 11.6 Å². The maximum Gasteiger partial charge on any atom is 0.258 e. The van der Waals surface area contributed by atoms with Gasteiger partial charge in [0.1, 0.15) is 30.5 Å². The predicted octanol–water partition coefficient (Wildman–Crippen LogP) is 4.54. The van der Waals surface area contributed by atoms with Crippen molar-refractivity contribution in [3.63, 3.8) is 0 Å². The summed E-state index contributed by atoms with van der Waals surface area (Å²) in [6.45, 7) is 0.668. The van der Waals surface area contributed by atoms with Crippen LogP contribution in [-0.2, 0) is 0 Å². The van der Waals surface area contributed by atoms with Crippen LogP contribution in [0, 0.1) is 5.82 Å². The lowest BCUT2D eigenvalue weighted by Crippen LogP contribution is -2.15. The van der Waals surface area contributed by atoms with Crippen molar-refractivity contribution in [2.75, 3.05) is 18.5 Å². The minimum absolute atomic E-state index is 0.0188. The van der Waals surface area contributed by atoms with Gasteiger partial charge in [0, 0.05) is 0 Å². The van der Waals surface area contributed by atoms with E-state index < -0.39 is 11.7 Å². The second kappa shape index (κ2) is 8.67.